The van der Waals surface area contributed by atoms with E-state index in [1.165, 1.54) is 6.07 Å². The van der Waals surface area contributed by atoms with Gasteiger partial charge < -0.3 is 5.11 Å². The number of nitro benzene ring substituents is 1. The number of hydrogen-bond acceptors (Lipinski definition) is 4. The summed E-state index contributed by atoms with van der Waals surface area (Å²) < 4.78 is 0. The summed E-state index contributed by atoms with van der Waals surface area (Å²) in [5.41, 5.74) is 0.490. The maximum Gasteiger partial charge on any atom is 0.307 e. The summed E-state index contributed by atoms with van der Waals surface area (Å²) in [4.78, 5) is 20.5. The van der Waals surface area contributed by atoms with Gasteiger partial charge in [0.15, 0.2) is 0 Å². The standard InChI is InChI=1S/C10H8N2O4/c1-6-2-8(5-11)9(12(15)16)3-7(6)4-10(13)14/h2-3H,4H2,1H3,(H,13,14). The Morgan fingerprint density at radius 3 is 2.69 bits per heavy atom. The molecule has 0 fully saturated rings. The van der Waals surface area contributed by atoms with Gasteiger partial charge in [-0.15, -0.1) is 0 Å². The number of nitro groups is 1. The zero-order valence-electron chi connectivity index (χ0n) is 8.43. The Morgan fingerprint density at radius 1 is 1.62 bits per heavy atom. The molecule has 0 unspecified atom stereocenters. The summed E-state index contributed by atoms with van der Waals surface area (Å²) in [7, 11) is 0. The smallest absolute Gasteiger partial charge is 0.307 e. The van der Waals surface area contributed by atoms with Gasteiger partial charge in [0.2, 0.25) is 0 Å². The SMILES string of the molecule is Cc1cc(C#N)c([N+](=O)[O-])cc1CC(=O)O. The van der Waals surface area contributed by atoms with E-state index < -0.39 is 10.9 Å². The molecule has 0 spiro atoms. The number of aliphatic carboxylic acids is 1. The Kier molecular flexibility index (Phi) is 3.20. The highest BCUT2D eigenvalue weighted by molar-refractivity contribution is 5.71. The zero-order valence-corrected chi connectivity index (χ0v) is 8.43. The zero-order chi connectivity index (χ0) is 12.3. The maximum absolute atomic E-state index is 10.6. The first kappa shape index (κ1) is 11.7. The molecule has 0 radical (unpaired) electrons. The van der Waals surface area contributed by atoms with E-state index in [1.54, 1.807) is 13.0 Å². The number of carboxylic acids is 1. The molecule has 16 heavy (non-hydrogen) atoms. The molecule has 82 valence electrons. The lowest BCUT2D eigenvalue weighted by molar-refractivity contribution is -0.385. The van der Waals surface area contributed by atoms with Crippen molar-refractivity contribution in [2.75, 3.05) is 0 Å². The largest absolute Gasteiger partial charge is 0.481 e. The third kappa shape index (κ3) is 2.33. The van der Waals surface area contributed by atoms with Gasteiger partial charge in [0.25, 0.3) is 5.69 Å². The van der Waals surface area contributed by atoms with E-state index in [-0.39, 0.29) is 17.7 Å². The molecule has 0 saturated heterocycles. The van der Waals surface area contributed by atoms with Crippen molar-refractivity contribution >= 4 is 11.7 Å². The Labute approximate surface area is 90.9 Å². The van der Waals surface area contributed by atoms with Crippen LogP contribution in [0.1, 0.15) is 16.7 Å². The fraction of sp³-hybridized carbons (Fsp3) is 0.200. The van der Waals surface area contributed by atoms with E-state index in [9.17, 15) is 14.9 Å². The molecule has 1 aromatic rings. The van der Waals surface area contributed by atoms with Crippen molar-refractivity contribution in [2.24, 2.45) is 0 Å². The Balaban J connectivity index is 3.34. The molecule has 0 saturated carbocycles. The molecule has 0 aliphatic heterocycles. The number of hydrogen-bond donors (Lipinski definition) is 1. The van der Waals surface area contributed by atoms with E-state index in [1.807, 2.05) is 0 Å². The number of nitrogens with zero attached hydrogens (tertiary/aromatic N) is 2. The van der Waals surface area contributed by atoms with Gasteiger partial charge in [0.1, 0.15) is 11.6 Å². The lowest BCUT2D eigenvalue weighted by Crippen LogP contribution is -2.04. The molecule has 0 amide bonds. The van der Waals surface area contributed by atoms with Crippen molar-refractivity contribution in [3.05, 3.63) is 38.9 Å². The third-order valence-electron chi connectivity index (χ3n) is 2.11. The first-order valence-corrected chi connectivity index (χ1v) is 4.35. The average Bonchev–Trinajstić information content (AvgIpc) is 2.19. The number of rotatable bonds is 3. The number of aryl methyl sites for hydroxylation is 1. The topological polar surface area (TPSA) is 104 Å². The predicted molar refractivity (Wildman–Crippen MR) is 53.9 cm³/mol. The van der Waals surface area contributed by atoms with Gasteiger partial charge in [-0.05, 0) is 24.1 Å². The minimum absolute atomic E-state index is 0.0587. The molecule has 0 aliphatic carbocycles. The monoisotopic (exact) mass is 220 g/mol. The molecule has 1 rings (SSSR count). The van der Waals surface area contributed by atoms with Crippen LogP contribution in [-0.4, -0.2) is 16.0 Å². The lowest BCUT2D eigenvalue weighted by atomic mass is 10.0. The molecule has 1 aromatic carbocycles. The average molecular weight is 220 g/mol. The van der Waals surface area contributed by atoms with E-state index in [0.29, 0.717) is 11.1 Å². The molecule has 6 heteroatoms. The minimum Gasteiger partial charge on any atom is -0.481 e. The van der Waals surface area contributed by atoms with E-state index in [2.05, 4.69) is 0 Å². The van der Waals surface area contributed by atoms with Gasteiger partial charge in [0.05, 0.1) is 11.3 Å². The highest BCUT2D eigenvalue weighted by Gasteiger charge is 2.17. The van der Waals surface area contributed by atoms with Crippen LogP contribution in [0.5, 0.6) is 0 Å². The second-order valence-corrected chi connectivity index (χ2v) is 3.24. The second-order valence-electron chi connectivity index (χ2n) is 3.24. The van der Waals surface area contributed by atoms with Gasteiger partial charge in [-0.2, -0.15) is 5.26 Å². The van der Waals surface area contributed by atoms with Crippen molar-refractivity contribution < 1.29 is 14.8 Å². The second kappa shape index (κ2) is 4.40. The van der Waals surface area contributed by atoms with Gasteiger partial charge in [-0.25, -0.2) is 0 Å². The molecule has 0 aromatic heterocycles. The van der Waals surface area contributed by atoms with E-state index in [4.69, 9.17) is 10.4 Å². The molecule has 0 heterocycles. The lowest BCUT2D eigenvalue weighted by Gasteiger charge is -2.03. The summed E-state index contributed by atoms with van der Waals surface area (Å²) in [6, 6.07) is 4.18. The van der Waals surface area contributed by atoms with Crippen LogP contribution < -0.4 is 0 Å². The van der Waals surface area contributed by atoms with Crippen LogP contribution in [-0.2, 0) is 11.2 Å². The summed E-state index contributed by atoms with van der Waals surface area (Å²) in [6.45, 7) is 1.61. The first-order chi connectivity index (χ1) is 7.45. The predicted octanol–water partition coefficient (Wildman–Crippen LogP) is 1.40. The number of carbonyl (C=O) groups is 1. The highest BCUT2D eigenvalue weighted by atomic mass is 16.6. The maximum atomic E-state index is 10.6. The number of carboxylic acid groups (broad SMARTS) is 1. The molecule has 0 aliphatic rings. The van der Waals surface area contributed by atoms with Crippen LogP contribution in [0.4, 0.5) is 5.69 Å². The minimum atomic E-state index is -1.07. The van der Waals surface area contributed by atoms with Crippen molar-refractivity contribution in [1.82, 2.24) is 0 Å². The van der Waals surface area contributed by atoms with Crippen LogP contribution in [0.25, 0.3) is 0 Å². The molecule has 1 N–H and O–H groups in total. The number of benzene rings is 1. The fourth-order valence-electron chi connectivity index (χ4n) is 1.33. The molecular formula is C10H8N2O4. The third-order valence-corrected chi connectivity index (χ3v) is 2.11. The fourth-order valence-corrected chi connectivity index (χ4v) is 1.33. The first-order valence-electron chi connectivity index (χ1n) is 4.35. The Morgan fingerprint density at radius 2 is 2.25 bits per heavy atom. The summed E-state index contributed by atoms with van der Waals surface area (Å²) in [6.07, 6.45) is -0.293. The van der Waals surface area contributed by atoms with Crippen molar-refractivity contribution in [2.45, 2.75) is 13.3 Å². The van der Waals surface area contributed by atoms with Gasteiger partial charge in [-0.1, -0.05) is 0 Å². The van der Waals surface area contributed by atoms with Gasteiger partial charge >= 0.3 is 5.97 Å². The Hall–Kier alpha value is -2.42. The van der Waals surface area contributed by atoms with Gasteiger partial charge in [0, 0.05) is 6.07 Å². The van der Waals surface area contributed by atoms with E-state index >= 15 is 0 Å². The molecular weight excluding hydrogens is 212 g/mol. The summed E-state index contributed by atoms with van der Waals surface area (Å²) in [5.74, 6) is -1.07. The van der Waals surface area contributed by atoms with Crippen LogP contribution in [0, 0.1) is 28.4 Å². The van der Waals surface area contributed by atoms with Crippen molar-refractivity contribution in [3.8, 4) is 6.07 Å². The normalized spacial score (nSPS) is 9.50. The Bertz CT molecular complexity index is 502. The number of nitriles is 1. The molecule has 0 bridgehead atoms. The molecule has 6 nitrogen and oxygen atoms in total. The van der Waals surface area contributed by atoms with Crippen LogP contribution in [0.15, 0.2) is 12.1 Å². The molecule has 0 atom stereocenters. The van der Waals surface area contributed by atoms with Crippen LogP contribution in [0.3, 0.4) is 0 Å². The summed E-state index contributed by atoms with van der Waals surface area (Å²) >= 11 is 0. The van der Waals surface area contributed by atoms with Crippen LogP contribution >= 0.6 is 0 Å². The highest BCUT2D eigenvalue weighted by Crippen LogP contribution is 2.23. The quantitative estimate of drug-likeness (QED) is 0.612. The van der Waals surface area contributed by atoms with Crippen molar-refractivity contribution in [1.29, 1.82) is 5.26 Å². The summed E-state index contributed by atoms with van der Waals surface area (Å²) in [5, 5.41) is 27.9. The van der Waals surface area contributed by atoms with Gasteiger partial charge in [-0.3, -0.25) is 14.9 Å². The van der Waals surface area contributed by atoms with Crippen molar-refractivity contribution in [3.63, 3.8) is 0 Å². The van der Waals surface area contributed by atoms with E-state index in [0.717, 1.165) is 6.07 Å². The van der Waals surface area contributed by atoms with Crippen LogP contribution in [0.2, 0.25) is 0 Å².